The number of hydrogen-bond acceptors (Lipinski definition) is 1. The SMILES string of the molecule is FC(F)(F)Oc1[c]cccc1C(F)(F)F. The van der Waals surface area contributed by atoms with Gasteiger partial charge in [-0.2, -0.15) is 13.2 Å². The Morgan fingerprint density at radius 1 is 1.07 bits per heavy atom. The summed E-state index contributed by atoms with van der Waals surface area (Å²) in [6, 6.07) is 4.04. The van der Waals surface area contributed by atoms with Gasteiger partial charge in [0.05, 0.1) is 5.56 Å². The van der Waals surface area contributed by atoms with Crippen LogP contribution in [0.15, 0.2) is 18.2 Å². The fourth-order valence-electron chi connectivity index (χ4n) is 0.845. The van der Waals surface area contributed by atoms with Gasteiger partial charge in [0.1, 0.15) is 5.75 Å². The van der Waals surface area contributed by atoms with Crippen molar-refractivity contribution in [2.75, 3.05) is 0 Å². The molecule has 0 unspecified atom stereocenters. The van der Waals surface area contributed by atoms with Crippen LogP contribution < -0.4 is 4.74 Å². The molecule has 0 atom stereocenters. The molecule has 0 aliphatic rings. The van der Waals surface area contributed by atoms with Crippen LogP contribution in [-0.2, 0) is 6.18 Å². The smallest absolute Gasteiger partial charge is 0.404 e. The first-order chi connectivity index (χ1) is 6.70. The first kappa shape index (κ1) is 11.7. The van der Waals surface area contributed by atoms with Gasteiger partial charge in [-0.15, -0.1) is 13.2 Å². The maximum Gasteiger partial charge on any atom is 0.573 e. The molecule has 0 N–H and O–H groups in total. The summed E-state index contributed by atoms with van der Waals surface area (Å²) in [5.41, 5.74) is -1.51. The van der Waals surface area contributed by atoms with Gasteiger partial charge in [0, 0.05) is 6.07 Å². The van der Waals surface area contributed by atoms with Gasteiger partial charge in [0.2, 0.25) is 0 Å². The standard InChI is InChI=1S/C8H3F6O/c9-7(10,11)5-3-1-2-4-6(5)15-8(12,13)14/h1-3H. The van der Waals surface area contributed by atoms with Crippen molar-refractivity contribution in [1.82, 2.24) is 0 Å². The zero-order valence-corrected chi connectivity index (χ0v) is 6.91. The molecule has 0 fully saturated rings. The van der Waals surface area contributed by atoms with Gasteiger partial charge in [-0.05, 0) is 6.07 Å². The lowest BCUT2D eigenvalue weighted by Gasteiger charge is -2.14. The summed E-state index contributed by atoms with van der Waals surface area (Å²) in [4.78, 5) is 0. The van der Waals surface area contributed by atoms with Gasteiger partial charge in [-0.3, -0.25) is 0 Å². The van der Waals surface area contributed by atoms with E-state index in [2.05, 4.69) is 4.74 Å². The van der Waals surface area contributed by atoms with E-state index in [0.29, 0.717) is 6.07 Å². The van der Waals surface area contributed by atoms with Crippen molar-refractivity contribution in [3.63, 3.8) is 0 Å². The van der Waals surface area contributed by atoms with E-state index in [1.54, 1.807) is 6.07 Å². The van der Waals surface area contributed by atoms with Crippen LogP contribution in [0.5, 0.6) is 5.75 Å². The van der Waals surface area contributed by atoms with Crippen LogP contribution in [0.3, 0.4) is 0 Å². The molecule has 0 saturated carbocycles. The second kappa shape index (κ2) is 3.63. The molecule has 1 aromatic rings. The van der Waals surface area contributed by atoms with Crippen LogP contribution in [0, 0.1) is 6.07 Å². The predicted molar refractivity (Wildman–Crippen MR) is 37.0 cm³/mol. The number of alkyl halides is 6. The van der Waals surface area contributed by atoms with Crippen molar-refractivity contribution in [3.05, 3.63) is 29.8 Å². The molecule has 0 saturated heterocycles. The normalized spacial score (nSPS) is 12.7. The molecule has 0 amide bonds. The quantitative estimate of drug-likeness (QED) is 0.670. The number of benzene rings is 1. The lowest BCUT2D eigenvalue weighted by molar-refractivity contribution is -0.276. The molecule has 7 heteroatoms. The predicted octanol–water partition coefficient (Wildman–Crippen LogP) is 3.40. The maximum atomic E-state index is 12.2. The molecule has 0 aliphatic carbocycles. The van der Waals surface area contributed by atoms with Gasteiger partial charge in [0.15, 0.2) is 0 Å². The third-order valence-corrected chi connectivity index (χ3v) is 1.34. The van der Waals surface area contributed by atoms with Crippen molar-refractivity contribution >= 4 is 0 Å². The summed E-state index contributed by atoms with van der Waals surface area (Å²) in [7, 11) is 0. The van der Waals surface area contributed by atoms with E-state index in [9.17, 15) is 26.3 Å². The molecule has 83 valence electrons. The highest BCUT2D eigenvalue weighted by Crippen LogP contribution is 2.37. The Kier molecular flexibility index (Phi) is 2.83. The monoisotopic (exact) mass is 229 g/mol. The Labute approximate surface area is 80.3 Å². The average Bonchev–Trinajstić information content (AvgIpc) is 1.99. The van der Waals surface area contributed by atoms with E-state index in [1.807, 2.05) is 0 Å². The molecule has 15 heavy (non-hydrogen) atoms. The van der Waals surface area contributed by atoms with Crippen molar-refractivity contribution in [2.45, 2.75) is 12.5 Å². The minimum atomic E-state index is -5.17. The number of halogens is 6. The summed E-state index contributed by atoms with van der Waals surface area (Å²) in [6.45, 7) is 0. The molecule has 1 aromatic carbocycles. The first-order valence-corrected chi connectivity index (χ1v) is 3.54. The van der Waals surface area contributed by atoms with Gasteiger partial charge in [0.25, 0.3) is 0 Å². The molecule has 0 aromatic heterocycles. The van der Waals surface area contributed by atoms with E-state index >= 15 is 0 Å². The fourth-order valence-corrected chi connectivity index (χ4v) is 0.845. The number of ether oxygens (including phenoxy) is 1. The summed E-state index contributed by atoms with van der Waals surface area (Å²) >= 11 is 0. The minimum absolute atomic E-state index is 0.484. The third kappa shape index (κ3) is 3.34. The van der Waals surface area contributed by atoms with Gasteiger partial charge in [-0.25, -0.2) is 0 Å². The van der Waals surface area contributed by atoms with Gasteiger partial charge < -0.3 is 4.74 Å². The number of rotatable bonds is 1. The van der Waals surface area contributed by atoms with Crippen LogP contribution in [0.25, 0.3) is 0 Å². The Morgan fingerprint density at radius 3 is 2.13 bits per heavy atom. The van der Waals surface area contributed by atoms with Gasteiger partial charge >= 0.3 is 12.5 Å². The van der Waals surface area contributed by atoms with Crippen molar-refractivity contribution in [1.29, 1.82) is 0 Å². The van der Waals surface area contributed by atoms with E-state index in [0.717, 1.165) is 12.1 Å². The topological polar surface area (TPSA) is 9.23 Å². The van der Waals surface area contributed by atoms with Crippen LogP contribution in [0.1, 0.15) is 5.56 Å². The lowest BCUT2D eigenvalue weighted by atomic mass is 10.2. The third-order valence-electron chi connectivity index (χ3n) is 1.34. The molecule has 1 nitrogen and oxygen atoms in total. The zero-order chi connectivity index (χ0) is 11.7. The fraction of sp³-hybridized carbons (Fsp3) is 0.250. The second-order valence-electron chi connectivity index (χ2n) is 2.46. The van der Waals surface area contributed by atoms with Crippen molar-refractivity contribution in [3.8, 4) is 5.75 Å². The number of hydrogen-bond donors (Lipinski definition) is 0. The van der Waals surface area contributed by atoms with Crippen LogP contribution in [0.4, 0.5) is 26.3 Å². The van der Waals surface area contributed by atoms with E-state index in [-0.39, 0.29) is 0 Å². The van der Waals surface area contributed by atoms with Crippen molar-refractivity contribution in [2.24, 2.45) is 0 Å². The molecule has 1 rings (SSSR count). The first-order valence-electron chi connectivity index (χ1n) is 3.54. The molecule has 0 bridgehead atoms. The highest BCUT2D eigenvalue weighted by atomic mass is 19.4. The van der Waals surface area contributed by atoms with E-state index in [1.165, 1.54) is 0 Å². The summed E-state index contributed by atoms with van der Waals surface area (Å²) in [6.07, 6.45) is -10.1. The molecule has 0 spiro atoms. The Morgan fingerprint density at radius 2 is 1.67 bits per heavy atom. The maximum absolute atomic E-state index is 12.2. The molecule has 1 radical (unpaired) electrons. The van der Waals surface area contributed by atoms with E-state index in [4.69, 9.17) is 0 Å². The molecular weight excluding hydrogens is 226 g/mol. The zero-order valence-electron chi connectivity index (χ0n) is 6.91. The summed E-state index contributed by atoms with van der Waals surface area (Å²) < 4.78 is 74.8. The summed E-state index contributed by atoms with van der Waals surface area (Å²) in [5.74, 6) is -1.38. The van der Waals surface area contributed by atoms with Crippen LogP contribution in [0.2, 0.25) is 0 Å². The van der Waals surface area contributed by atoms with Crippen LogP contribution >= 0.6 is 0 Å². The van der Waals surface area contributed by atoms with Gasteiger partial charge in [-0.1, -0.05) is 12.1 Å². The largest absolute Gasteiger partial charge is 0.573 e. The molecule has 0 aliphatic heterocycles. The molecule has 0 heterocycles. The highest BCUT2D eigenvalue weighted by Gasteiger charge is 2.39. The number of para-hydroxylation sites is 1. The van der Waals surface area contributed by atoms with E-state index < -0.39 is 23.9 Å². The Hall–Kier alpha value is -1.40. The second-order valence-corrected chi connectivity index (χ2v) is 2.46. The minimum Gasteiger partial charge on any atom is -0.404 e. The summed E-state index contributed by atoms with van der Waals surface area (Å²) in [5, 5.41) is 0. The Balaban J connectivity index is 3.08. The lowest BCUT2D eigenvalue weighted by Crippen LogP contribution is -2.20. The van der Waals surface area contributed by atoms with Crippen molar-refractivity contribution < 1.29 is 31.1 Å². The molecular formula is C8H3F6O. The average molecular weight is 229 g/mol. The highest BCUT2D eigenvalue weighted by molar-refractivity contribution is 5.34. The Bertz CT molecular complexity index is 340. The van der Waals surface area contributed by atoms with Crippen LogP contribution in [-0.4, -0.2) is 6.36 Å².